The molecule has 13 heavy (non-hydrogen) atoms. The first-order valence-corrected chi connectivity index (χ1v) is 4.94. The lowest BCUT2D eigenvalue weighted by atomic mass is 10.4. The van der Waals surface area contributed by atoms with E-state index in [2.05, 4.69) is 20.8 Å². The molecule has 1 saturated heterocycles. The van der Waals surface area contributed by atoms with Gasteiger partial charge in [0.25, 0.3) is 0 Å². The predicted molar refractivity (Wildman–Crippen MR) is 54.6 cm³/mol. The van der Waals surface area contributed by atoms with Gasteiger partial charge in [0, 0.05) is 13.1 Å². The van der Waals surface area contributed by atoms with Crippen molar-refractivity contribution in [2.45, 2.75) is 0 Å². The Bertz CT molecular complexity index is 220. The summed E-state index contributed by atoms with van der Waals surface area (Å²) in [6, 6.07) is 0. The van der Waals surface area contributed by atoms with Gasteiger partial charge in [-0.05, 0) is 28.1 Å². The highest BCUT2D eigenvalue weighted by Gasteiger charge is 2.10. The van der Waals surface area contributed by atoms with Crippen molar-refractivity contribution < 1.29 is 9.53 Å². The van der Waals surface area contributed by atoms with Crippen molar-refractivity contribution in [3.05, 3.63) is 22.8 Å². The first-order valence-electron chi connectivity index (χ1n) is 4.15. The molecule has 0 aliphatic carbocycles. The molecule has 0 aromatic heterocycles. The highest BCUT2D eigenvalue weighted by Crippen LogP contribution is 2.13. The van der Waals surface area contributed by atoms with E-state index in [1.165, 1.54) is 6.08 Å². The number of carbonyl (C=O) groups is 1. The van der Waals surface area contributed by atoms with Gasteiger partial charge in [-0.2, -0.15) is 0 Å². The zero-order valence-electron chi connectivity index (χ0n) is 7.28. The van der Waals surface area contributed by atoms with Gasteiger partial charge in [0.15, 0.2) is 0 Å². The number of rotatable bonds is 3. The number of aldehydes is 1. The molecule has 0 amide bonds. The molecule has 1 fully saturated rings. The molecule has 1 aliphatic rings. The molecule has 0 saturated carbocycles. The summed E-state index contributed by atoms with van der Waals surface area (Å²) in [5.41, 5.74) is 0. The minimum absolute atomic E-state index is 0.760. The third-order valence-corrected chi connectivity index (χ3v) is 2.50. The summed E-state index contributed by atoms with van der Waals surface area (Å²) < 4.78 is 6.21. The molecular weight excluding hydrogens is 234 g/mol. The van der Waals surface area contributed by atoms with Gasteiger partial charge in [0.1, 0.15) is 6.29 Å². The minimum atomic E-state index is 0.760. The lowest BCUT2D eigenvalue weighted by molar-refractivity contribution is -0.104. The van der Waals surface area contributed by atoms with Crippen LogP contribution in [0.5, 0.6) is 0 Å². The fourth-order valence-corrected chi connectivity index (χ4v) is 1.57. The van der Waals surface area contributed by atoms with Crippen LogP contribution in [-0.2, 0) is 9.53 Å². The van der Waals surface area contributed by atoms with Gasteiger partial charge in [0.05, 0.1) is 17.8 Å². The van der Waals surface area contributed by atoms with E-state index in [0.717, 1.165) is 37.2 Å². The highest BCUT2D eigenvalue weighted by molar-refractivity contribution is 9.11. The Kier molecular flexibility index (Phi) is 4.78. The number of nitrogens with zero attached hydrogens (tertiary/aromatic N) is 1. The first kappa shape index (κ1) is 10.5. The van der Waals surface area contributed by atoms with Crippen LogP contribution in [0, 0.1) is 0 Å². The van der Waals surface area contributed by atoms with Crippen LogP contribution in [0.2, 0.25) is 0 Å². The fourth-order valence-electron chi connectivity index (χ4n) is 1.06. The summed E-state index contributed by atoms with van der Waals surface area (Å²) in [5.74, 6) is 0. The van der Waals surface area contributed by atoms with Gasteiger partial charge >= 0.3 is 0 Å². The molecule has 0 spiro atoms. The van der Waals surface area contributed by atoms with E-state index in [0.29, 0.717) is 0 Å². The van der Waals surface area contributed by atoms with Crippen molar-refractivity contribution in [2.75, 3.05) is 26.3 Å². The smallest absolute Gasteiger partial charge is 0.142 e. The molecule has 0 N–H and O–H groups in total. The van der Waals surface area contributed by atoms with Crippen molar-refractivity contribution in [1.82, 2.24) is 4.90 Å². The van der Waals surface area contributed by atoms with Gasteiger partial charge in [0.2, 0.25) is 0 Å². The maximum absolute atomic E-state index is 10.00. The molecule has 1 heterocycles. The Balaban J connectivity index is 2.44. The number of halogens is 1. The largest absolute Gasteiger partial charge is 0.378 e. The lowest BCUT2D eigenvalue weighted by Crippen LogP contribution is -2.34. The number of ether oxygens (including phenoxy) is 1. The van der Waals surface area contributed by atoms with Gasteiger partial charge in [-0.15, -0.1) is 0 Å². The van der Waals surface area contributed by atoms with Crippen molar-refractivity contribution in [3.8, 4) is 0 Å². The summed E-state index contributed by atoms with van der Waals surface area (Å²) in [5, 5.41) is 0. The van der Waals surface area contributed by atoms with Crippen LogP contribution < -0.4 is 0 Å². The minimum Gasteiger partial charge on any atom is -0.378 e. The second-order valence-electron chi connectivity index (χ2n) is 2.61. The summed E-state index contributed by atoms with van der Waals surface area (Å²) in [6.45, 7) is 3.32. The van der Waals surface area contributed by atoms with E-state index < -0.39 is 0 Å². The zero-order chi connectivity index (χ0) is 9.52. The fraction of sp³-hybridized carbons (Fsp3) is 0.444. The molecule has 0 unspecified atom stereocenters. The van der Waals surface area contributed by atoms with Crippen LogP contribution in [-0.4, -0.2) is 37.5 Å². The van der Waals surface area contributed by atoms with Gasteiger partial charge in [-0.1, -0.05) is 6.08 Å². The normalized spacial score (nSPS) is 19.5. The van der Waals surface area contributed by atoms with Gasteiger partial charge in [-0.25, -0.2) is 0 Å². The number of carbonyl (C=O) groups excluding carboxylic acids is 1. The molecule has 0 aromatic rings. The molecule has 72 valence electrons. The number of hydrogen-bond donors (Lipinski definition) is 0. The first-order chi connectivity index (χ1) is 6.34. The van der Waals surface area contributed by atoms with Crippen molar-refractivity contribution in [2.24, 2.45) is 0 Å². The number of morpholine rings is 1. The summed E-state index contributed by atoms with van der Waals surface area (Å²) in [4.78, 5) is 12.2. The van der Waals surface area contributed by atoms with E-state index in [4.69, 9.17) is 4.74 Å². The van der Waals surface area contributed by atoms with E-state index in [1.54, 1.807) is 6.08 Å². The van der Waals surface area contributed by atoms with Crippen LogP contribution in [0.1, 0.15) is 0 Å². The number of hydrogen-bond acceptors (Lipinski definition) is 3. The molecule has 1 aliphatic heterocycles. The molecule has 0 atom stereocenters. The van der Waals surface area contributed by atoms with Crippen LogP contribution in [0.25, 0.3) is 0 Å². The third-order valence-electron chi connectivity index (χ3n) is 1.74. The Morgan fingerprint density at radius 2 is 2.00 bits per heavy atom. The predicted octanol–water partition coefficient (Wildman–Crippen LogP) is 1.31. The quantitative estimate of drug-likeness (QED) is 0.325. The maximum atomic E-state index is 10.00. The lowest BCUT2D eigenvalue weighted by Gasteiger charge is -2.27. The monoisotopic (exact) mass is 245 g/mol. The standard InChI is InChI=1S/C9H12BrNO2/c10-9(3-1-2-6-12)11-4-7-13-8-5-11/h1-3,6H,4-5,7-8H2/b2-1+,9-3+. The Morgan fingerprint density at radius 3 is 2.62 bits per heavy atom. The zero-order valence-corrected chi connectivity index (χ0v) is 8.87. The molecule has 0 aromatic carbocycles. The Labute approximate surface area is 86.2 Å². The third kappa shape index (κ3) is 3.74. The maximum Gasteiger partial charge on any atom is 0.142 e. The van der Waals surface area contributed by atoms with Crippen LogP contribution in [0.4, 0.5) is 0 Å². The molecule has 3 nitrogen and oxygen atoms in total. The Morgan fingerprint density at radius 1 is 1.31 bits per heavy atom. The summed E-state index contributed by atoms with van der Waals surface area (Å²) >= 11 is 3.43. The summed E-state index contributed by atoms with van der Waals surface area (Å²) in [6.07, 6.45) is 5.80. The van der Waals surface area contributed by atoms with E-state index in [1.807, 2.05) is 6.08 Å². The molecular formula is C9H12BrNO2. The second kappa shape index (κ2) is 5.94. The SMILES string of the molecule is O=C/C=C/C=C(\Br)N1CCOCC1. The second-order valence-corrected chi connectivity index (χ2v) is 3.42. The Hall–Kier alpha value is -0.610. The van der Waals surface area contributed by atoms with E-state index in [9.17, 15) is 4.79 Å². The average molecular weight is 246 g/mol. The molecule has 4 heteroatoms. The van der Waals surface area contributed by atoms with Crippen molar-refractivity contribution in [1.29, 1.82) is 0 Å². The average Bonchev–Trinajstić information content (AvgIpc) is 2.19. The molecule has 1 rings (SSSR count). The van der Waals surface area contributed by atoms with E-state index in [-0.39, 0.29) is 0 Å². The topological polar surface area (TPSA) is 29.5 Å². The molecule has 0 radical (unpaired) electrons. The van der Waals surface area contributed by atoms with Crippen molar-refractivity contribution >= 4 is 22.2 Å². The molecule has 0 bridgehead atoms. The summed E-state index contributed by atoms with van der Waals surface area (Å²) in [7, 11) is 0. The van der Waals surface area contributed by atoms with Crippen LogP contribution >= 0.6 is 15.9 Å². The van der Waals surface area contributed by atoms with E-state index >= 15 is 0 Å². The van der Waals surface area contributed by atoms with Gasteiger partial charge < -0.3 is 9.64 Å². The van der Waals surface area contributed by atoms with Gasteiger partial charge in [-0.3, -0.25) is 4.79 Å². The van der Waals surface area contributed by atoms with Crippen molar-refractivity contribution in [3.63, 3.8) is 0 Å². The number of allylic oxidation sites excluding steroid dienone is 3. The highest BCUT2D eigenvalue weighted by atomic mass is 79.9. The van der Waals surface area contributed by atoms with Crippen LogP contribution in [0.15, 0.2) is 22.8 Å². The van der Waals surface area contributed by atoms with Crippen LogP contribution in [0.3, 0.4) is 0 Å².